The van der Waals surface area contributed by atoms with E-state index in [1.165, 1.54) is 23.5 Å². The molecule has 0 aromatic heterocycles. The van der Waals surface area contributed by atoms with Gasteiger partial charge < -0.3 is 5.32 Å². The van der Waals surface area contributed by atoms with Gasteiger partial charge in [-0.15, -0.1) is 0 Å². The Kier molecular flexibility index (Phi) is 6.17. The molecule has 0 heterocycles. The topological polar surface area (TPSA) is 66.5 Å². The van der Waals surface area contributed by atoms with E-state index in [-0.39, 0.29) is 4.90 Å². The van der Waals surface area contributed by atoms with Crippen molar-refractivity contribution in [3.63, 3.8) is 0 Å². The third-order valence-electron chi connectivity index (χ3n) is 4.39. The van der Waals surface area contributed by atoms with Crippen LogP contribution in [0.4, 0.5) is 11.4 Å². The molecule has 0 saturated heterocycles. The van der Waals surface area contributed by atoms with Gasteiger partial charge in [0.2, 0.25) is 0 Å². The summed E-state index contributed by atoms with van der Waals surface area (Å²) in [5.41, 5.74) is 1.93. The van der Waals surface area contributed by atoms with Gasteiger partial charge in [-0.3, -0.25) is 9.10 Å². The van der Waals surface area contributed by atoms with Crippen LogP contribution in [0.5, 0.6) is 0 Å². The third-order valence-corrected chi connectivity index (χ3v) is 6.91. The molecule has 0 aliphatic carbocycles. The first-order chi connectivity index (χ1) is 13.7. The van der Waals surface area contributed by atoms with E-state index >= 15 is 0 Å². The Morgan fingerprint density at radius 3 is 2.28 bits per heavy atom. The van der Waals surface area contributed by atoms with Crippen LogP contribution in [-0.4, -0.2) is 21.4 Å². The summed E-state index contributed by atoms with van der Waals surface area (Å²) in [4.78, 5) is 12.8. The van der Waals surface area contributed by atoms with Gasteiger partial charge in [0.1, 0.15) is 0 Å². The molecule has 3 aromatic rings. The van der Waals surface area contributed by atoms with Crippen LogP contribution in [0.2, 0.25) is 10.0 Å². The molecule has 0 unspecified atom stereocenters. The number of sulfonamides is 1. The molecule has 5 nitrogen and oxygen atoms in total. The number of carbonyl (C=O) groups excluding carboxylic acids is 1. The van der Waals surface area contributed by atoms with Crippen molar-refractivity contribution in [3.8, 4) is 0 Å². The molecule has 0 aliphatic heterocycles. The number of benzene rings is 3. The predicted molar refractivity (Wildman–Crippen MR) is 118 cm³/mol. The van der Waals surface area contributed by atoms with Gasteiger partial charge in [0.15, 0.2) is 0 Å². The third kappa shape index (κ3) is 4.56. The quantitative estimate of drug-likeness (QED) is 0.569. The molecule has 1 N–H and O–H groups in total. The highest BCUT2D eigenvalue weighted by Gasteiger charge is 2.23. The van der Waals surface area contributed by atoms with Crippen LogP contribution in [0, 0.1) is 6.92 Å². The normalized spacial score (nSPS) is 11.2. The highest BCUT2D eigenvalue weighted by Crippen LogP contribution is 2.28. The zero-order valence-corrected chi connectivity index (χ0v) is 18.0. The van der Waals surface area contributed by atoms with E-state index in [9.17, 15) is 13.2 Å². The zero-order valence-electron chi connectivity index (χ0n) is 15.7. The minimum atomic E-state index is -3.76. The van der Waals surface area contributed by atoms with Gasteiger partial charge in [-0.25, -0.2) is 8.42 Å². The average Bonchev–Trinajstić information content (AvgIpc) is 2.71. The van der Waals surface area contributed by atoms with E-state index in [1.807, 2.05) is 0 Å². The van der Waals surface area contributed by atoms with Crippen molar-refractivity contribution in [3.05, 3.63) is 87.9 Å². The van der Waals surface area contributed by atoms with Crippen molar-refractivity contribution in [2.24, 2.45) is 0 Å². The predicted octanol–water partition coefficient (Wildman–Crippen LogP) is 5.38. The second-order valence-corrected chi connectivity index (χ2v) is 9.15. The molecule has 8 heteroatoms. The monoisotopic (exact) mass is 448 g/mol. The van der Waals surface area contributed by atoms with Gasteiger partial charge in [0.05, 0.1) is 20.6 Å². The lowest BCUT2D eigenvalue weighted by molar-refractivity contribution is 0.102. The Morgan fingerprint density at radius 2 is 1.62 bits per heavy atom. The fourth-order valence-electron chi connectivity index (χ4n) is 2.75. The molecule has 3 aromatic carbocycles. The maximum absolute atomic E-state index is 12.9. The second kappa shape index (κ2) is 8.45. The molecule has 0 bridgehead atoms. The fraction of sp³-hybridized carbons (Fsp3) is 0.0952. The van der Waals surface area contributed by atoms with Crippen LogP contribution in [0.3, 0.4) is 0 Å². The Hall–Kier alpha value is -2.54. The molecular formula is C21H18Cl2N2O3S. The van der Waals surface area contributed by atoms with Gasteiger partial charge in [-0.2, -0.15) is 0 Å². The molecule has 150 valence electrons. The Morgan fingerprint density at radius 1 is 0.931 bits per heavy atom. The van der Waals surface area contributed by atoms with Gasteiger partial charge >= 0.3 is 0 Å². The number of hydrogen-bond acceptors (Lipinski definition) is 3. The summed E-state index contributed by atoms with van der Waals surface area (Å²) in [7, 11) is -2.29. The Bertz CT molecular complexity index is 1170. The molecule has 0 atom stereocenters. The average molecular weight is 449 g/mol. The van der Waals surface area contributed by atoms with Gasteiger partial charge in [0.25, 0.3) is 15.9 Å². The summed E-state index contributed by atoms with van der Waals surface area (Å²) in [5, 5.41) is 3.44. The second-order valence-electron chi connectivity index (χ2n) is 6.37. The van der Waals surface area contributed by atoms with Crippen LogP contribution in [0.25, 0.3) is 0 Å². The van der Waals surface area contributed by atoms with Crippen LogP contribution in [0.1, 0.15) is 15.9 Å². The van der Waals surface area contributed by atoms with E-state index in [2.05, 4.69) is 5.32 Å². The Labute approximate surface area is 179 Å². The summed E-state index contributed by atoms with van der Waals surface area (Å²) in [6.07, 6.45) is 0. The lowest BCUT2D eigenvalue weighted by atomic mass is 10.1. The summed E-state index contributed by atoms with van der Waals surface area (Å²) < 4.78 is 27.0. The van der Waals surface area contributed by atoms with Gasteiger partial charge in [0, 0.05) is 18.3 Å². The van der Waals surface area contributed by atoms with Crippen molar-refractivity contribution < 1.29 is 13.2 Å². The van der Waals surface area contributed by atoms with Gasteiger partial charge in [-0.1, -0.05) is 47.5 Å². The van der Waals surface area contributed by atoms with Gasteiger partial charge in [-0.05, 0) is 55.0 Å². The Balaban J connectivity index is 1.91. The molecule has 0 saturated carbocycles. The number of anilines is 2. The number of nitrogens with zero attached hydrogens (tertiary/aromatic N) is 1. The molecule has 0 aliphatic rings. The first-order valence-corrected chi connectivity index (χ1v) is 10.8. The fourth-order valence-corrected chi connectivity index (χ4v) is 4.32. The highest BCUT2D eigenvalue weighted by molar-refractivity contribution is 7.92. The number of halogens is 2. The SMILES string of the molecule is Cc1ccc(C(=O)Nc2ccc(Cl)c(Cl)c2)cc1N(C)S(=O)(=O)c1ccccc1. The van der Waals surface area contributed by atoms with E-state index in [4.69, 9.17) is 23.2 Å². The van der Waals surface area contributed by atoms with Crippen molar-refractivity contribution in [1.82, 2.24) is 0 Å². The number of rotatable bonds is 5. The van der Waals surface area contributed by atoms with E-state index in [0.29, 0.717) is 27.0 Å². The molecule has 0 spiro atoms. The smallest absolute Gasteiger partial charge is 0.264 e. The van der Waals surface area contributed by atoms with Crippen molar-refractivity contribution in [2.75, 3.05) is 16.7 Å². The van der Waals surface area contributed by atoms with Crippen LogP contribution < -0.4 is 9.62 Å². The summed E-state index contributed by atoms with van der Waals surface area (Å²) in [5.74, 6) is -0.393. The lowest BCUT2D eigenvalue weighted by Crippen LogP contribution is -2.27. The van der Waals surface area contributed by atoms with E-state index in [0.717, 1.165) is 5.56 Å². The first-order valence-electron chi connectivity index (χ1n) is 8.61. The van der Waals surface area contributed by atoms with E-state index in [1.54, 1.807) is 61.5 Å². The van der Waals surface area contributed by atoms with Crippen molar-refractivity contribution in [1.29, 1.82) is 0 Å². The maximum atomic E-state index is 12.9. The molecular weight excluding hydrogens is 431 g/mol. The van der Waals surface area contributed by atoms with Crippen molar-refractivity contribution >= 4 is 50.5 Å². The largest absolute Gasteiger partial charge is 0.322 e. The summed E-state index contributed by atoms with van der Waals surface area (Å²) in [6, 6.07) is 17.8. The molecule has 1 amide bonds. The number of nitrogens with one attached hydrogen (secondary N) is 1. The molecule has 0 radical (unpaired) electrons. The number of carbonyl (C=O) groups is 1. The zero-order chi connectivity index (χ0) is 21.2. The molecule has 29 heavy (non-hydrogen) atoms. The lowest BCUT2D eigenvalue weighted by Gasteiger charge is -2.22. The minimum Gasteiger partial charge on any atom is -0.322 e. The minimum absolute atomic E-state index is 0.174. The first kappa shape index (κ1) is 21.2. The van der Waals surface area contributed by atoms with E-state index < -0.39 is 15.9 Å². The van der Waals surface area contributed by atoms with Crippen LogP contribution in [-0.2, 0) is 10.0 Å². The summed E-state index contributed by atoms with van der Waals surface area (Å²) >= 11 is 11.9. The van der Waals surface area contributed by atoms with Crippen LogP contribution >= 0.6 is 23.2 Å². The summed E-state index contributed by atoms with van der Waals surface area (Å²) in [6.45, 7) is 1.78. The number of amides is 1. The number of aryl methyl sites for hydroxylation is 1. The molecule has 0 fully saturated rings. The molecule has 3 rings (SSSR count). The highest BCUT2D eigenvalue weighted by atomic mass is 35.5. The van der Waals surface area contributed by atoms with Crippen LogP contribution in [0.15, 0.2) is 71.6 Å². The maximum Gasteiger partial charge on any atom is 0.264 e. The standard InChI is InChI=1S/C21H18Cl2N2O3S/c1-14-8-9-15(21(26)24-16-10-11-18(22)19(23)13-16)12-20(14)25(2)29(27,28)17-6-4-3-5-7-17/h3-13H,1-2H3,(H,24,26). The van der Waals surface area contributed by atoms with Crippen molar-refractivity contribution in [2.45, 2.75) is 11.8 Å². The number of hydrogen-bond donors (Lipinski definition) is 1.